The van der Waals surface area contributed by atoms with E-state index in [1.54, 1.807) is 23.1 Å². The molecule has 3 aromatic rings. The second-order valence-corrected chi connectivity index (χ2v) is 9.79. The van der Waals surface area contributed by atoms with Crippen LogP contribution >= 0.6 is 0 Å². The summed E-state index contributed by atoms with van der Waals surface area (Å²) in [5.41, 5.74) is 1.60. The molecular weight excluding hydrogens is 494 g/mol. The van der Waals surface area contributed by atoms with Crippen molar-refractivity contribution in [3.63, 3.8) is 0 Å². The molecule has 0 aliphatic carbocycles. The van der Waals surface area contributed by atoms with E-state index in [9.17, 15) is 14.7 Å². The molecule has 3 heterocycles. The van der Waals surface area contributed by atoms with Crippen molar-refractivity contribution in [3.8, 4) is 28.7 Å². The molecule has 1 fully saturated rings. The molecule has 0 spiro atoms. The van der Waals surface area contributed by atoms with Crippen molar-refractivity contribution in [3.05, 3.63) is 53.9 Å². The zero-order valence-corrected chi connectivity index (χ0v) is 21.2. The molecule has 0 bridgehead atoms. The fourth-order valence-electron chi connectivity index (χ4n) is 4.60. The lowest BCUT2D eigenvalue weighted by atomic mass is 9.87. The predicted octanol–water partition coefficient (Wildman–Crippen LogP) is 4.33. The van der Waals surface area contributed by atoms with Crippen LogP contribution in [0.15, 0.2) is 47.0 Å². The number of aromatic nitrogens is 2. The largest absolute Gasteiger partial charge is 0.485 e. The summed E-state index contributed by atoms with van der Waals surface area (Å²) in [6, 6.07) is 12.8. The average Bonchev–Trinajstić information content (AvgIpc) is 3.65. The highest BCUT2D eigenvalue weighted by atomic mass is 16.7. The molecule has 2 aliphatic rings. The molecule has 0 unspecified atom stereocenters. The minimum absolute atomic E-state index is 0.0464. The monoisotopic (exact) mass is 523 g/mol. The lowest BCUT2D eigenvalue weighted by Crippen LogP contribution is -2.30. The van der Waals surface area contributed by atoms with Gasteiger partial charge in [-0.2, -0.15) is 4.98 Å². The Kier molecular flexibility index (Phi) is 7.34. The van der Waals surface area contributed by atoms with Gasteiger partial charge in [-0.15, -0.1) is 0 Å². The number of nitrogens with zero attached hydrogens (tertiary/aromatic N) is 3. The molecule has 2 aromatic carbocycles. The SMILES string of the molecule is CC(C)COC(=O)N1C[C@H](CC(=O)O)[C@H](c2cccc(OCc3noc(-c4ccc5c(c4)OCO5)n3)c2)C1. The van der Waals surface area contributed by atoms with Crippen molar-refractivity contribution < 1.29 is 38.2 Å². The van der Waals surface area contributed by atoms with Crippen LogP contribution in [0.5, 0.6) is 17.2 Å². The first-order valence-electron chi connectivity index (χ1n) is 12.4. The van der Waals surface area contributed by atoms with E-state index in [0.717, 1.165) is 5.56 Å². The van der Waals surface area contributed by atoms with Crippen molar-refractivity contribution >= 4 is 12.1 Å². The molecule has 11 nitrogen and oxygen atoms in total. The Balaban J connectivity index is 1.24. The number of carboxylic acids is 1. The number of fused-ring (bicyclic) bond motifs is 1. The van der Waals surface area contributed by atoms with Crippen LogP contribution < -0.4 is 14.2 Å². The summed E-state index contributed by atoms with van der Waals surface area (Å²) in [6.07, 6.45) is -0.464. The maximum Gasteiger partial charge on any atom is 0.409 e. The van der Waals surface area contributed by atoms with Crippen LogP contribution in [-0.4, -0.2) is 58.7 Å². The molecule has 11 heteroatoms. The number of hydrogen-bond donors (Lipinski definition) is 1. The topological polar surface area (TPSA) is 133 Å². The van der Waals surface area contributed by atoms with E-state index in [4.69, 9.17) is 23.5 Å². The van der Waals surface area contributed by atoms with Crippen LogP contribution in [0.2, 0.25) is 0 Å². The van der Waals surface area contributed by atoms with E-state index in [0.29, 0.717) is 54.2 Å². The summed E-state index contributed by atoms with van der Waals surface area (Å²) in [6.45, 7) is 5.20. The molecule has 2 aliphatic heterocycles. The highest BCUT2D eigenvalue weighted by Crippen LogP contribution is 2.37. The molecule has 1 amide bonds. The van der Waals surface area contributed by atoms with Gasteiger partial charge in [0.15, 0.2) is 18.1 Å². The van der Waals surface area contributed by atoms with E-state index in [2.05, 4.69) is 10.1 Å². The van der Waals surface area contributed by atoms with E-state index >= 15 is 0 Å². The Morgan fingerprint density at radius 2 is 1.97 bits per heavy atom. The van der Waals surface area contributed by atoms with Gasteiger partial charge in [-0.3, -0.25) is 4.79 Å². The highest BCUT2D eigenvalue weighted by molar-refractivity contribution is 5.70. The highest BCUT2D eigenvalue weighted by Gasteiger charge is 2.38. The van der Waals surface area contributed by atoms with Crippen LogP contribution in [0.25, 0.3) is 11.5 Å². The van der Waals surface area contributed by atoms with Gasteiger partial charge >= 0.3 is 12.1 Å². The Labute approximate surface area is 219 Å². The van der Waals surface area contributed by atoms with Crippen LogP contribution in [0, 0.1) is 11.8 Å². The van der Waals surface area contributed by atoms with Gasteiger partial charge < -0.3 is 33.5 Å². The van der Waals surface area contributed by atoms with Gasteiger partial charge in [0, 0.05) is 24.6 Å². The number of amides is 1. The summed E-state index contributed by atoms with van der Waals surface area (Å²) in [4.78, 5) is 30.0. The second kappa shape index (κ2) is 11.0. The van der Waals surface area contributed by atoms with E-state index in [-0.39, 0.29) is 37.6 Å². The number of ether oxygens (including phenoxy) is 4. The lowest BCUT2D eigenvalue weighted by Gasteiger charge is -2.18. The Morgan fingerprint density at radius 3 is 2.79 bits per heavy atom. The van der Waals surface area contributed by atoms with Crippen LogP contribution in [0.3, 0.4) is 0 Å². The third kappa shape index (κ3) is 5.82. The quantitative estimate of drug-likeness (QED) is 0.432. The minimum atomic E-state index is -0.903. The van der Waals surface area contributed by atoms with Crippen LogP contribution in [0.4, 0.5) is 4.79 Å². The molecule has 0 radical (unpaired) electrons. The van der Waals surface area contributed by atoms with Gasteiger partial charge in [0.05, 0.1) is 13.0 Å². The van der Waals surface area contributed by atoms with E-state index in [1.165, 1.54) is 0 Å². The Morgan fingerprint density at radius 1 is 1.13 bits per heavy atom. The van der Waals surface area contributed by atoms with E-state index < -0.39 is 12.1 Å². The number of aliphatic carboxylic acids is 1. The van der Waals surface area contributed by atoms with Crippen LogP contribution in [0.1, 0.15) is 37.6 Å². The second-order valence-electron chi connectivity index (χ2n) is 9.79. The first kappa shape index (κ1) is 25.4. The van der Waals surface area contributed by atoms with E-state index in [1.807, 2.05) is 38.1 Å². The first-order valence-corrected chi connectivity index (χ1v) is 12.4. The molecular formula is C27H29N3O8. The third-order valence-corrected chi connectivity index (χ3v) is 6.42. The molecule has 1 aromatic heterocycles. The van der Waals surface area contributed by atoms with Gasteiger partial charge in [-0.1, -0.05) is 31.1 Å². The zero-order valence-electron chi connectivity index (χ0n) is 21.2. The molecule has 5 rings (SSSR count). The summed E-state index contributed by atoms with van der Waals surface area (Å²) < 4.78 is 27.4. The zero-order chi connectivity index (χ0) is 26.6. The van der Waals surface area contributed by atoms with Gasteiger partial charge in [-0.25, -0.2) is 4.79 Å². The molecule has 38 heavy (non-hydrogen) atoms. The number of carboxylic acid groups (broad SMARTS) is 1. The van der Waals surface area contributed by atoms with Crippen molar-refractivity contribution in [1.82, 2.24) is 15.0 Å². The smallest absolute Gasteiger partial charge is 0.409 e. The average molecular weight is 524 g/mol. The lowest BCUT2D eigenvalue weighted by molar-refractivity contribution is -0.138. The standard InChI is InChI=1S/C27H29N3O8/c1-16(2)13-35-27(33)30-11-19(10-25(31)32)21(12-30)17-4-3-5-20(8-17)34-14-24-28-26(38-29-24)18-6-7-22-23(9-18)37-15-36-22/h3-9,16,19,21H,10-15H2,1-2H3,(H,31,32)/t19-,21-/m0/s1. The van der Waals surface area contributed by atoms with Crippen molar-refractivity contribution in [1.29, 1.82) is 0 Å². The molecule has 0 saturated carbocycles. The van der Waals surface area contributed by atoms with Crippen molar-refractivity contribution in [2.75, 3.05) is 26.5 Å². The van der Waals surface area contributed by atoms with Crippen molar-refractivity contribution in [2.45, 2.75) is 32.8 Å². The van der Waals surface area contributed by atoms with Gasteiger partial charge in [-0.05, 0) is 47.7 Å². The Hall–Kier alpha value is -4.28. The number of carbonyl (C=O) groups is 2. The minimum Gasteiger partial charge on any atom is -0.485 e. The molecule has 200 valence electrons. The first-order chi connectivity index (χ1) is 18.4. The number of likely N-dealkylation sites (tertiary alicyclic amines) is 1. The summed E-state index contributed by atoms with van der Waals surface area (Å²) in [5, 5.41) is 13.4. The molecule has 1 N–H and O–H groups in total. The third-order valence-electron chi connectivity index (χ3n) is 6.42. The maximum absolute atomic E-state index is 12.5. The maximum atomic E-state index is 12.5. The number of benzene rings is 2. The van der Waals surface area contributed by atoms with Gasteiger partial charge in [0.2, 0.25) is 12.6 Å². The van der Waals surface area contributed by atoms with Crippen molar-refractivity contribution in [2.24, 2.45) is 11.8 Å². The summed E-state index contributed by atoms with van der Waals surface area (Å²) in [7, 11) is 0. The number of hydrogen-bond acceptors (Lipinski definition) is 9. The number of rotatable bonds is 9. The molecule has 2 atom stereocenters. The fraction of sp³-hybridized carbons (Fsp3) is 0.407. The van der Waals surface area contributed by atoms with Crippen LogP contribution in [-0.2, 0) is 16.1 Å². The van der Waals surface area contributed by atoms with Gasteiger partial charge in [0.1, 0.15) is 5.75 Å². The molecule has 1 saturated heterocycles. The number of carbonyl (C=O) groups excluding carboxylic acids is 1. The summed E-state index contributed by atoms with van der Waals surface area (Å²) >= 11 is 0. The Bertz CT molecular complexity index is 1310. The van der Waals surface area contributed by atoms with Gasteiger partial charge in [0.25, 0.3) is 5.89 Å². The predicted molar refractivity (Wildman–Crippen MR) is 133 cm³/mol. The fourth-order valence-corrected chi connectivity index (χ4v) is 4.60. The summed E-state index contributed by atoms with van der Waals surface area (Å²) in [5.74, 6) is 1.48. The normalized spacial score (nSPS) is 18.1.